The zero-order valence-electron chi connectivity index (χ0n) is 39.2. The molecule has 1 aromatic carbocycles. The summed E-state index contributed by atoms with van der Waals surface area (Å²) < 4.78 is 6.01. The van der Waals surface area contributed by atoms with Crippen LogP contribution >= 0.6 is 0 Å². The summed E-state index contributed by atoms with van der Waals surface area (Å²) in [5.41, 5.74) is 2.73. The summed E-state index contributed by atoms with van der Waals surface area (Å²) in [4.78, 5) is 13.7. The van der Waals surface area contributed by atoms with Gasteiger partial charge in [0.2, 0.25) is 0 Å². The quantitative estimate of drug-likeness (QED) is 0.0540. The molecule has 0 fully saturated rings. The zero-order valence-corrected chi connectivity index (χ0v) is 39.2. The van der Waals surface area contributed by atoms with E-state index in [1.165, 1.54) is 186 Å². The molecule has 0 radical (unpaired) electrons. The SMILES string of the molecule is CCCCCCCCCCCCCCCCCCOC(=O)C(CCCCCCCCCCCCCCCCCC)Cc1cc(C(C)(C)C)c(O)c(C(C)(C)C)c1. The first-order valence-corrected chi connectivity index (χ1v) is 24.9. The molecule has 0 bridgehead atoms. The first-order valence-electron chi connectivity index (χ1n) is 24.9. The van der Waals surface area contributed by atoms with Crippen LogP contribution in [-0.4, -0.2) is 17.7 Å². The summed E-state index contributed by atoms with van der Waals surface area (Å²) >= 11 is 0. The third-order valence-corrected chi connectivity index (χ3v) is 12.2. The average Bonchev–Trinajstić information content (AvgIpc) is 3.14. The summed E-state index contributed by atoms with van der Waals surface area (Å²) in [6.45, 7) is 18.1. The lowest BCUT2D eigenvalue weighted by Crippen LogP contribution is -2.22. The van der Waals surface area contributed by atoms with Gasteiger partial charge in [-0.1, -0.05) is 267 Å². The molecule has 0 aliphatic carbocycles. The monoisotopic (exact) mass is 783 g/mol. The maximum Gasteiger partial charge on any atom is 0.309 e. The number of hydrogen-bond acceptors (Lipinski definition) is 3. The second-order valence-electron chi connectivity index (χ2n) is 20.0. The topological polar surface area (TPSA) is 46.5 Å². The normalized spacial score (nSPS) is 12.7. The van der Waals surface area contributed by atoms with Crippen LogP contribution in [0, 0.1) is 5.92 Å². The van der Waals surface area contributed by atoms with Crippen molar-refractivity contribution in [1.29, 1.82) is 0 Å². The van der Waals surface area contributed by atoms with Crippen molar-refractivity contribution >= 4 is 5.97 Å². The van der Waals surface area contributed by atoms with Gasteiger partial charge in [0.1, 0.15) is 5.75 Å². The number of esters is 1. The van der Waals surface area contributed by atoms with Crippen LogP contribution in [0.1, 0.15) is 284 Å². The Hall–Kier alpha value is -1.51. The minimum Gasteiger partial charge on any atom is -0.507 e. The van der Waals surface area contributed by atoms with Gasteiger partial charge in [-0.25, -0.2) is 0 Å². The lowest BCUT2D eigenvalue weighted by atomic mass is 9.77. The number of ether oxygens (including phenoxy) is 1. The molecule has 1 aromatic rings. The Bertz CT molecular complexity index is 1020. The molecule has 0 aliphatic heterocycles. The van der Waals surface area contributed by atoms with E-state index in [9.17, 15) is 9.90 Å². The average molecular weight is 783 g/mol. The number of carbonyl (C=O) groups is 1. The third kappa shape index (κ3) is 27.2. The van der Waals surface area contributed by atoms with Crippen LogP contribution in [0.4, 0.5) is 0 Å². The molecule has 0 saturated carbocycles. The Balaban J connectivity index is 2.49. The highest BCUT2D eigenvalue weighted by atomic mass is 16.5. The Morgan fingerprint density at radius 3 is 1.07 bits per heavy atom. The molecule has 0 saturated heterocycles. The number of phenols is 1. The van der Waals surface area contributed by atoms with Gasteiger partial charge in [-0.05, 0) is 46.8 Å². The van der Waals surface area contributed by atoms with Crippen molar-refractivity contribution in [1.82, 2.24) is 0 Å². The van der Waals surface area contributed by atoms with Crippen molar-refractivity contribution in [2.24, 2.45) is 5.92 Å². The number of phenolic OH excluding ortho intramolecular Hbond substituents is 1. The van der Waals surface area contributed by atoms with E-state index >= 15 is 0 Å². The van der Waals surface area contributed by atoms with E-state index < -0.39 is 0 Å². The summed E-state index contributed by atoms with van der Waals surface area (Å²) in [5.74, 6) is 0.261. The van der Waals surface area contributed by atoms with Crippen molar-refractivity contribution in [2.75, 3.05) is 6.61 Å². The fourth-order valence-electron chi connectivity index (χ4n) is 8.42. The molecule has 0 heterocycles. The highest BCUT2D eigenvalue weighted by Crippen LogP contribution is 2.40. The van der Waals surface area contributed by atoms with E-state index in [2.05, 4.69) is 67.5 Å². The third-order valence-electron chi connectivity index (χ3n) is 12.2. The van der Waals surface area contributed by atoms with Gasteiger partial charge in [0.25, 0.3) is 0 Å². The van der Waals surface area contributed by atoms with Gasteiger partial charge in [-0.2, -0.15) is 0 Å². The highest BCUT2D eigenvalue weighted by Gasteiger charge is 2.28. The number of rotatable bonds is 37. The van der Waals surface area contributed by atoms with Gasteiger partial charge in [0, 0.05) is 0 Å². The Labute approximate surface area is 351 Å². The lowest BCUT2D eigenvalue weighted by molar-refractivity contribution is -0.149. The van der Waals surface area contributed by atoms with Gasteiger partial charge in [-0.3, -0.25) is 4.79 Å². The molecule has 3 heteroatoms. The maximum atomic E-state index is 13.7. The molecule has 0 amide bonds. The molecular weight excluding hydrogens is 685 g/mol. The second-order valence-corrected chi connectivity index (χ2v) is 20.0. The Morgan fingerprint density at radius 1 is 0.482 bits per heavy atom. The van der Waals surface area contributed by atoms with E-state index in [1.807, 2.05) is 0 Å². The second kappa shape index (κ2) is 33.3. The first-order chi connectivity index (χ1) is 26.9. The van der Waals surface area contributed by atoms with Crippen molar-refractivity contribution in [3.63, 3.8) is 0 Å². The van der Waals surface area contributed by atoms with E-state index in [1.54, 1.807) is 0 Å². The molecule has 3 nitrogen and oxygen atoms in total. The molecule has 56 heavy (non-hydrogen) atoms. The van der Waals surface area contributed by atoms with Gasteiger partial charge in [-0.15, -0.1) is 0 Å². The van der Waals surface area contributed by atoms with Crippen molar-refractivity contribution in [3.8, 4) is 5.75 Å². The van der Waals surface area contributed by atoms with E-state index in [-0.39, 0.29) is 22.7 Å². The largest absolute Gasteiger partial charge is 0.507 e. The predicted octanol–water partition coefficient (Wildman–Crippen LogP) is 17.6. The maximum absolute atomic E-state index is 13.7. The minimum absolute atomic E-state index is 0.0189. The van der Waals surface area contributed by atoms with Gasteiger partial charge in [0.05, 0.1) is 12.5 Å². The first kappa shape index (κ1) is 52.5. The van der Waals surface area contributed by atoms with E-state index in [0.29, 0.717) is 18.8 Å². The number of carbonyl (C=O) groups excluding carboxylic acids is 1. The number of aromatic hydroxyl groups is 1. The van der Waals surface area contributed by atoms with Crippen molar-refractivity contribution in [3.05, 3.63) is 28.8 Å². The fraction of sp³-hybridized carbons (Fsp3) is 0.868. The molecule has 0 spiro atoms. The summed E-state index contributed by atoms with van der Waals surface area (Å²) in [5, 5.41) is 11.3. The van der Waals surface area contributed by atoms with Crippen LogP contribution in [0.3, 0.4) is 0 Å². The van der Waals surface area contributed by atoms with Crippen LogP contribution in [0.25, 0.3) is 0 Å². The zero-order chi connectivity index (χ0) is 41.3. The number of unbranched alkanes of at least 4 members (excludes halogenated alkanes) is 30. The highest BCUT2D eigenvalue weighted by molar-refractivity contribution is 5.73. The smallest absolute Gasteiger partial charge is 0.309 e. The standard InChI is InChI=1S/C53H98O3/c1-9-11-13-15-17-19-21-23-25-27-29-31-33-35-37-39-41-47(43-46-44-48(52(3,4)5)50(54)49(45-46)53(6,7)8)51(55)56-42-40-38-36-34-32-30-28-26-24-22-20-18-16-14-12-10-2/h44-45,47,54H,9-43H2,1-8H3. The van der Waals surface area contributed by atoms with Crippen LogP contribution in [0.2, 0.25) is 0 Å². The molecule has 1 N–H and O–H groups in total. The van der Waals surface area contributed by atoms with Gasteiger partial charge < -0.3 is 9.84 Å². The predicted molar refractivity (Wildman–Crippen MR) is 247 cm³/mol. The van der Waals surface area contributed by atoms with Crippen LogP contribution in [-0.2, 0) is 26.8 Å². The molecular formula is C53H98O3. The van der Waals surface area contributed by atoms with Gasteiger partial charge in [0.15, 0.2) is 0 Å². The van der Waals surface area contributed by atoms with Crippen LogP contribution in [0.5, 0.6) is 5.75 Å². The molecule has 1 atom stereocenters. The van der Waals surface area contributed by atoms with Gasteiger partial charge >= 0.3 is 5.97 Å². The molecule has 1 rings (SSSR count). The lowest BCUT2D eigenvalue weighted by Gasteiger charge is -2.29. The Kier molecular flexibility index (Phi) is 31.3. The minimum atomic E-state index is -0.183. The van der Waals surface area contributed by atoms with Crippen LogP contribution in [0.15, 0.2) is 12.1 Å². The van der Waals surface area contributed by atoms with Crippen LogP contribution < -0.4 is 0 Å². The fourth-order valence-corrected chi connectivity index (χ4v) is 8.42. The van der Waals surface area contributed by atoms with E-state index in [0.717, 1.165) is 42.4 Å². The summed E-state index contributed by atoms with van der Waals surface area (Å²) in [6.07, 6.45) is 44.8. The van der Waals surface area contributed by atoms with Crippen molar-refractivity contribution < 1.29 is 14.6 Å². The van der Waals surface area contributed by atoms with E-state index in [4.69, 9.17) is 4.74 Å². The van der Waals surface area contributed by atoms with Crippen molar-refractivity contribution in [2.45, 2.75) is 285 Å². The number of benzene rings is 1. The summed E-state index contributed by atoms with van der Waals surface area (Å²) in [6, 6.07) is 4.32. The number of hydrogen-bond donors (Lipinski definition) is 1. The molecule has 0 aromatic heterocycles. The molecule has 1 unspecified atom stereocenters. The molecule has 328 valence electrons. The molecule has 0 aliphatic rings. The summed E-state index contributed by atoms with van der Waals surface area (Å²) in [7, 11) is 0. The Morgan fingerprint density at radius 2 is 0.768 bits per heavy atom.